The molecule has 0 saturated heterocycles. The van der Waals surface area contributed by atoms with Crippen LogP contribution in [0.5, 0.6) is 5.75 Å². The second-order valence-corrected chi connectivity index (χ2v) is 5.91. The molecule has 0 aliphatic rings. The van der Waals surface area contributed by atoms with E-state index >= 15 is 0 Å². The number of benzene rings is 2. The Kier molecular flexibility index (Phi) is 5.22. The number of fused-ring (bicyclic) bond motifs is 1. The molecule has 26 heavy (non-hydrogen) atoms. The first-order chi connectivity index (χ1) is 12.6. The molecule has 0 fully saturated rings. The second kappa shape index (κ2) is 7.74. The molecule has 0 aliphatic heterocycles. The van der Waals surface area contributed by atoms with Gasteiger partial charge in [0.2, 0.25) is 5.91 Å². The van der Waals surface area contributed by atoms with Crippen LogP contribution in [0.2, 0.25) is 0 Å². The second-order valence-electron chi connectivity index (χ2n) is 5.91. The van der Waals surface area contributed by atoms with Crippen molar-refractivity contribution in [1.82, 2.24) is 15.8 Å². The lowest BCUT2D eigenvalue weighted by molar-refractivity contribution is -0.121. The first-order valence-electron chi connectivity index (χ1n) is 8.46. The lowest BCUT2D eigenvalue weighted by Gasteiger charge is -2.08. The average molecular weight is 351 g/mol. The summed E-state index contributed by atoms with van der Waals surface area (Å²) in [7, 11) is 0. The van der Waals surface area contributed by atoms with Crippen LogP contribution in [0.15, 0.2) is 48.5 Å². The SMILES string of the molecule is CCOc1ccc(C(=O)NNC(=O)Cc2c(C)[nH]c3ccccc23)cc1. The van der Waals surface area contributed by atoms with Crippen LogP contribution in [-0.2, 0) is 11.2 Å². The molecule has 0 unspecified atom stereocenters. The van der Waals surface area contributed by atoms with Crippen molar-refractivity contribution in [3.05, 3.63) is 65.4 Å². The highest BCUT2D eigenvalue weighted by molar-refractivity contribution is 5.96. The molecule has 6 nitrogen and oxygen atoms in total. The minimum atomic E-state index is -0.378. The Morgan fingerprint density at radius 1 is 1.04 bits per heavy atom. The van der Waals surface area contributed by atoms with Crippen molar-refractivity contribution in [3.63, 3.8) is 0 Å². The molecule has 0 saturated carbocycles. The summed E-state index contributed by atoms with van der Waals surface area (Å²) in [5.41, 5.74) is 8.21. The van der Waals surface area contributed by atoms with Gasteiger partial charge in [-0.25, -0.2) is 0 Å². The number of para-hydroxylation sites is 1. The van der Waals surface area contributed by atoms with E-state index in [0.29, 0.717) is 17.9 Å². The topological polar surface area (TPSA) is 83.2 Å². The van der Waals surface area contributed by atoms with Crippen LogP contribution in [0.3, 0.4) is 0 Å². The van der Waals surface area contributed by atoms with Crippen molar-refractivity contribution in [1.29, 1.82) is 0 Å². The van der Waals surface area contributed by atoms with Crippen LogP contribution in [0.25, 0.3) is 10.9 Å². The maximum atomic E-state index is 12.2. The number of ether oxygens (including phenoxy) is 1. The molecule has 0 radical (unpaired) electrons. The molecule has 0 aliphatic carbocycles. The maximum absolute atomic E-state index is 12.2. The smallest absolute Gasteiger partial charge is 0.269 e. The van der Waals surface area contributed by atoms with Crippen molar-refractivity contribution in [3.8, 4) is 5.75 Å². The van der Waals surface area contributed by atoms with Crippen molar-refractivity contribution in [2.24, 2.45) is 0 Å². The zero-order valence-corrected chi connectivity index (χ0v) is 14.8. The van der Waals surface area contributed by atoms with Crippen LogP contribution in [-0.4, -0.2) is 23.4 Å². The van der Waals surface area contributed by atoms with Gasteiger partial charge in [0.05, 0.1) is 13.0 Å². The Hall–Kier alpha value is -3.28. The molecule has 1 heterocycles. The van der Waals surface area contributed by atoms with Gasteiger partial charge in [0.15, 0.2) is 0 Å². The van der Waals surface area contributed by atoms with Crippen LogP contribution >= 0.6 is 0 Å². The first-order valence-corrected chi connectivity index (χ1v) is 8.46. The van der Waals surface area contributed by atoms with Gasteiger partial charge in [-0.15, -0.1) is 0 Å². The van der Waals surface area contributed by atoms with Gasteiger partial charge in [0.1, 0.15) is 5.75 Å². The highest BCUT2D eigenvalue weighted by Gasteiger charge is 2.13. The number of rotatable bonds is 5. The van der Waals surface area contributed by atoms with Gasteiger partial charge < -0.3 is 9.72 Å². The molecule has 0 bridgehead atoms. The summed E-state index contributed by atoms with van der Waals surface area (Å²) < 4.78 is 5.34. The Labute approximate surface area is 151 Å². The summed E-state index contributed by atoms with van der Waals surface area (Å²) >= 11 is 0. The van der Waals surface area contributed by atoms with Gasteiger partial charge >= 0.3 is 0 Å². The third kappa shape index (κ3) is 3.85. The largest absolute Gasteiger partial charge is 0.494 e. The van der Waals surface area contributed by atoms with E-state index in [9.17, 15) is 9.59 Å². The zero-order valence-electron chi connectivity index (χ0n) is 14.8. The third-order valence-electron chi connectivity index (χ3n) is 4.11. The van der Waals surface area contributed by atoms with E-state index in [1.165, 1.54) is 0 Å². The number of aromatic amines is 1. The number of carbonyl (C=O) groups excluding carboxylic acids is 2. The number of hydrogen-bond donors (Lipinski definition) is 3. The Bertz CT molecular complexity index is 929. The Morgan fingerprint density at radius 3 is 2.50 bits per heavy atom. The van der Waals surface area contributed by atoms with E-state index in [0.717, 1.165) is 22.2 Å². The predicted molar refractivity (Wildman–Crippen MR) is 100.0 cm³/mol. The number of hydrazine groups is 1. The van der Waals surface area contributed by atoms with E-state index in [4.69, 9.17) is 4.74 Å². The van der Waals surface area contributed by atoms with Crippen LogP contribution in [0.1, 0.15) is 28.5 Å². The van der Waals surface area contributed by atoms with Crippen LogP contribution < -0.4 is 15.6 Å². The Morgan fingerprint density at radius 2 is 1.77 bits per heavy atom. The third-order valence-corrected chi connectivity index (χ3v) is 4.11. The normalized spacial score (nSPS) is 10.5. The van der Waals surface area contributed by atoms with Gasteiger partial charge in [0.25, 0.3) is 5.91 Å². The van der Waals surface area contributed by atoms with Gasteiger partial charge in [-0.05, 0) is 49.7 Å². The molecular weight excluding hydrogens is 330 g/mol. The summed E-state index contributed by atoms with van der Waals surface area (Å²) in [6.07, 6.45) is 0.180. The summed E-state index contributed by atoms with van der Waals surface area (Å²) in [5, 5.41) is 1.01. The van der Waals surface area contributed by atoms with Gasteiger partial charge in [-0.1, -0.05) is 18.2 Å². The highest BCUT2D eigenvalue weighted by Crippen LogP contribution is 2.22. The highest BCUT2D eigenvalue weighted by atomic mass is 16.5. The number of aromatic nitrogens is 1. The first kappa shape index (κ1) is 17.5. The quantitative estimate of drug-likeness (QED) is 0.618. The predicted octanol–water partition coefficient (Wildman–Crippen LogP) is 2.88. The number of hydrogen-bond acceptors (Lipinski definition) is 3. The molecule has 2 amide bonds. The number of nitrogens with one attached hydrogen (secondary N) is 3. The monoisotopic (exact) mass is 351 g/mol. The van der Waals surface area contributed by atoms with E-state index in [1.807, 2.05) is 38.1 Å². The molecular formula is C20H21N3O3. The average Bonchev–Trinajstić information content (AvgIpc) is 2.96. The van der Waals surface area contributed by atoms with Gasteiger partial charge in [-0.2, -0.15) is 0 Å². The Balaban J connectivity index is 1.59. The maximum Gasteiger partial charge on any atom is 0.269 e. The fraction of sp³-hybridized carbons (Fsp3) is 0.200. The number of H-pyrrole nitrogens is 1. The van der Waals surface area contributed by atoms with E-state index in [2.05, 4.69) is 15.8 Å². The minimum Gasteiger partial charge on any atom is -0.494 e. The summed E-state index contributed by atoms with van der Waals surface area (Å²) in [6, 6.07) is 14.6. The summed E-state index contributed by atoms with van der Waals surface area (Å²) in [5.74, 6) is 0.0390. The number of carbonyl (C=O) groups is 2. The lowest BCUT2D eigenvalue weighted by atomic mass is 10.1. The molecule has 134 valence electrons. The fourth-order valence-electron chi connectivity index (χ4n) is 2.84. The van der Waals surface area contributed by atoms with E-state index in [1.54, 1.807) is 24.3 Å². The van der Waals surface area contributed by atoms with Gasteiger partial charge in [0, 0.05) is 22.2 Å². The molecule has 2 aromatic carbocycles. The molecule has 3 N–H and O–H groups in total. The van der Waals surface area contributed by atoms with E-state index < -0.39 is 0 Å². The number of aryl methyl sites for hydroxylation is 1. The zero-order chi connectivity index (χ0) is 18.5. The van der Waals surface area contributed by atoms with Gasteiger partial charge in [-0.3, -0.25) is 20.4 Å². The molecule has 3 aromatic rings. The molecule has 0 atom stereocenters. The molecule has 6 heteroatoms. The van der Waals surface area contributed by atoms with E-state index in [-0.39, 0.29) is 18.2 Å². The standard InChI is InChI=1S/C20H21N3O3/c1-3-26-15-10-8-14(9-11-15)20(25)23-22-19(24)12-17-13(2)21-18-7-5-4-6-16(17)18/h4-11,21H,3,12H2,1-2H3,(H,22,24)(H,23,25). The fourth-order valence-corrected chi connectivity index (χ4v) is 2.84. The molecule has 0 spiro atoms. The molecule has 1 aromatic heterocycles. The van der Waals surface area contributed by atoms with Crippen LogP contribution in [0.4, 0.5) is 0 Å². The van der Waals surface area contributed by atoms with Crippen LogP contribution in [0, 0.1) is 6.92 Å². The van der Waals surface area contributed by atoms with Crippen molar-refractivity contribution in [2.45, 2.75) is 20.3 Å². The van der Waals surface area contributed by atoms with Crippen molar-refractivity contribution in [2.75, 3.05) is 6.61 Å². The van der Waals surface area contributed by atoms with Crippen molar-refractivity contribution >= 4 is 22.7 Å². The molecule has 3 rings (SSSR count). The summed E-state index contributed by atoms with van der Waals surface area (Å²) in [4.78, 5) is 27.6. The van der Waals surface area contributed by atoms with Crippen molar-refractivity contribution < 1.29 is 14.3 Å². The number of amides is 2. The minimum absolute atomic E-state index is 0.180. The lowest BCUT2D eigenvalue weighted by Crippen LogP contribution is -2.42. The summed E-state index contributed by atoms with van der Waals surface area (Å²) in [6.45, 7) is 4.39.